The number of hydrogen-bond donors (Lipinski definition) is 1. The molecule has 4 heteroatoms. The standard InChI is InChI=1S/C19H20N2O2/c1-12-7-8-16(11-13(12)2)19(23)21-10-9-15-5-4-6-17(18(15)21)20-14(3)22/h4-8,11H,9-10H2,1-3H3,(H,20,22). The summed E-state index contributed by atoms with van der Waals surface area (Å²) in [6.07, 6.45) is 0.805. The van der Waals surface area contributed by atoms with E-state index in [9.17, 15) is 9.59 Å². The van der Waals surface area contributed by atoms with Crippen LogP contribution in [0.3, 0.4) is 0 Å². The lowest BCUT2D eigenvalue weighted by Gasteiger charge is -2.21. The Morgan fingerprint density at radius 1 is 1.09 bits per heavy atom. The number of para-hydroxylation sites is 1. The molecule has 0 aromatic heterocycles. The molecule has 1 N–H and O–H groups in total. The minimum absolute atomic E-state index is 0.0235. The smallest absolute Gasteiger partial charge is 0.258 e. The van der Waals surface area contributed by atoms with Gasteiger partial charge in [-0.3, -0.25) is 9.59 Å². The molecule has 0 atom stereocenters. The summed E-state index contributed by atoms with van der Waals surface area (Å²) < 4.78 is 0. The van der Waals surface area contributed by atoms with Gasteiger partial charge < -0.3 is 10.2 Å². The first-order chi connectivity index (χ1) is 11.0. The zero-order chi connectivity index (χ0) is 16.6. The summed E-state index contributed by atoms with van der Waals surface area (Å²) >= 11 is 0. The van der Waals surface area contributed by atoms with Crippen LogP contribution in [0.2, 0.25) is 0 Å². The van der Waals surface area contributed by atoms with Gasteiger partial charge >= 0.3 is 0 Å². The Kier molecular flexibility index (Phi) is 3.90. The highest BCUT2D eigenvalue weighted by Crippen LogP contribution is 2.36. The third kappa shape index (κ3) is 2.84. The van der Waals surface area contributed by atoms with E-state index in [2.05, 4.69) is 5.32 Å². The summed E-state index contributed by atoms with van der Waals surface area (Å²) in [4.78, 5) is 26.1. The molecule has 1 aliphatic heterocycles. The highest BCUT2D eigenvalue weighted by atomic mass is 16.2. The normalized spacial score (nSPS) is 12.9. The van der Waals surface area contributed by atoms with E-state index in [0.717, 1.165) is 23.2 Å². The monoisotopic (exact) mass is 308 g/mol. The highest BCUT2D eigenvalue weighted by Gasteiger charge is 2.28. The molecule has 1 aliphatic rings. The predicted octanol–water partition coefficient (Wildman–Crippen LogP) is 3.46. The largest absolute Gasteiger partial charge is 0.325 e. The van der Waals surface area contributed by atoms with Crippen LogP contribution in [0.15, 0.2) is 36.4 Å². The number of aryl methyl sites for hydroxylation is 2. The van der Waals surface area contributed by atoms with E-state index < -0.39 is 0 Å². The summed E-state index contributed by atoms with van der Waals surface area (Å²) in [5.74, 6) is -0.159. The molecule has 0 fully saturated rings. The molecular formula is C19H20N2O2. The molecule has 0 unspecified atom stereocenters. The van der Waals surface area contributed by atoms with Gasteiger partial charge in [-0.1, -0.05) is 18.2 Å². The summed E-state index contributed by atoms with van der Waals surface area (Å²) in [7, 11) is 0. The fraction of sp³-hybridized carbons (Fsp3) is 0.263. The number of hydrogen-bond acceptors (Lipinski definition) is 2. The van der Waals surface area contributed by atoms with Gasteiger partial charge in [0.15, 0.2) is 0 Å². The molecule has 2 aromatic carbocycles. The SMILES string of the molecule is CC(=O)Nc1cccc2c1N(C(=O)c1ccc(C)c(C)c1)CC2. The molecule has 2 aromatic rings. The van der Waals surface area contributed by atoms with Gasteiger partial charge in [-0.25, -0.2) is 0 Å². The van der Waals surface area contributed by atoms with Crippen molar-refractivity contribution in [3.63, 3.8) is 0 Å². The Bertz CT molecular complexity index is 796. The second-order valence-electron chi connectivity index (χ2n) is 6.00. The molecule has 3 rings (SSSR count). The molecule has 0 saturated carbocycles. The molecule has 4 nitrogen and oxygen atoms in total. The van der Waals surface area contributed by atoms with Crippen LogP contribution < -0.4 is 10.2 Å². The molecule has 0 saturated heterocycles. The third-order valence-electron chi connectivity index (χ3n) is 4.30. The van der Waals surface area contributed by atoms with Crippen molar-refractivity contribution in [1.82, 2.24) is 0 Å². The van der Waals surface area contributed by atoms with Gasteiger partial charge in [-0.2, -0.15) is 0 Å². The van der Waals surface area contributed by atoms with Crippen LogP contribution in [-0.4, -0.2) is 18.4 Å². The zero-order valence-corrected chi connectivity index (χ0v) is 13.6. The number of amides is 2. The van der Waals surface area contributed by atoms with E-state index in [1.165, 1.54) is 12.5 Å². The van der Waals surface area contributed by atoms with Crippen LogP contribution >= 0.6 is 0 Å². The number of rotatable bonds is 2. The van der Waals surface area contributed by atoms with Crippen molar-refractivity contribution in [1.29, 1.82) is 0 Å². The Hall–Kier alpha value is -2.62. The van der Waals surface area contributed by atoms with Crippen molar-refractivity contribution < 1.29 is 9.59 Å². The molecule has 1 heterocycles. The molecule has 0 radical (unpaired) electrons. The molecule has 0 spiro atoms. The van der Waals surface area contributed by atoms with E-state index in [1.54, 1.807) is 4.90 Å². The molecule has 0 bridgehead atoms. The van der Waals surface area contributed by atoms with Crippen LogP contribution in [0.4, 0.5) is 11.4 Å². The summed E-state index contributed by atoms with van der Waals surface area (Å²) in [5, 5.41) is 2.83. The minimum atomic E-state index is -0.135. The molecule has 23 heavy (non-hydrogen) atoms. The van der Waals surface area contributed by atoms with E-state index in [0.29, 0.717) is 17.8 Å². The van der Waals surface area contributed by atoms with Gasteiger partial charge in [0.25, 0.3) is 5.91 Å². The molecule has 0 aliphatic carbocycles. The Morgan fingerprint density at radius 2 is 1.87 bits per heavy atom. The van der Waals surface area contributed by atoms with Gasteiger partial charge in [0, 0.05) is 19.0 Å². The van der Waals surface area contributed by atoms with Gasteiger partial charge in [0.1, 0.15) is 0 Å². The van der Waals surface area contributed by atoms with Gasteiger partial charge in [0.2, 0.25) is 5.91 Å². The first kappa shape index (κ1) is 15.3. The second kappa shape index (κ2) is 5.88. The van der Waals surface area contributed by atoms with Gasteiger partial charge in [-0.15, -0.1) is 0 Å². The van der Waals surface area contributed by atoms with Crippen LogP contribution in [0.25, 0.3) is 0 Å². The number of anilines is 2. The van der Waals surface area contributed by atoms with Gasteiger partial charge in [0.05, 0.1) is 11.4 Å². The number of carbonyl (C=O) groups is 2. The number of benzene rings is 2. The number of nitrogens with one attached hydrogen (secondary N) is 1. The van der Waals surface area contributed by atoms with E-state index in [-0.39, 0.29) is 11.8 Å². The fourth-order valence-corrected chi connectivity index (χ4v) is 2.98. The van der Waals surface area contributed by atoms with Crippen LogP contribution in [0.1, 0.15) is 34.0 Å². The fourth-order valence-electron chi connectivity index (χ4n) is 2.98. The lowest BCUT2D eigenvalue weighted by Crippen LogP contribution is -2.29. The number of fused-ring (bicyclic) bond motifs is 1. The van der Waals surface area contributed by atoms with Crippen molar-refractivity contribution >= 4 is 23.2 Å². The molecule has 118 valence electrons. The molecule has 2 amide bonds. The lowest BCUT2D eigenvalue weighted by atomic mass is 10.1. The maximum atomic E-state index is 12.9. The Morgan fingerprint density at radius 3 is 2.57 bits per heavy atom. The van der Waals surface area contributed by atoms with Crippen molar-refractivity contribution in [3.05, 3.63) is 58.7 Å². The maximum absolute atomic E-state index is 12.9. The highest BCUT2D eigenvalue weighted by molar-refractivity contribution is 6.10. The second-order valence-corrected chi connectivity index (χ2v) is 6.00. The lowest BCUT2D eigenvalue weighted by molar-refractivity contribution is -0.114. The first-order valence-electron chi connectivity index (χ1n) is 7.76. The Labute approximate surface area is 136 Å². The van der Waals surface area contributed by atoms with Crippen molar-refractivity contribution in [2.24, 2.45) is 0 Å². The topological polar surface area (TPSA) is 49.4 Å². The summed E-state index contributed by atoms with van der Waals surface area (Å²) in [6, 6.07) is 11.5. The van der Waals surface area contributed by atoms with Crippen LogP contribution in [0.5, 0.6) is 0 Å². The minimum Gasteiger partial charge on any atom is -0.325 e. The molecular weight excluding hydrogens is 288 g/mol. The average molecular weight is 308 g/mol. The van der Waals surface area contributed by atoms with Crippen LogP contribution in [0, 0.1) is 13.8 Å². The summed E-state index contributed by atoms with van der Waals surface area (Å²) in [6.45, 7) is 6.15. The van der Waals surface area contributed by atoms with E-state index >= 15 is 0 Å². The quantitative estimate of drug-likeness (QED) is 0.923. The summed E-state index contributed by atoms with van der Waals surface area (Å²) in [5.41, 5.74) is 5.57. The van der Waals surface area contributed by atoms with E-state index in [1.807, 2.05) is 50.2 Å². The van der Waals surface area contributed by atoms with Crippen molar-refractivity contribution in [2.45, 2.75) is 27.2 Å². The number of nitrogens with zero attached hydrogens (tertiary/aromatic N) is 1. The third-order valence-corrected chi connectivity index (χ3v) is 4.30. The number of carbonyl (C=O) groups excluding carboxylic acids is 2. The van der Waals surface area contributed by atoms with E-state index in [4.69, 9.17) is 0 Å². The maximum Gasteiger partial charge on any atom is 0.258 e. The van der Waals surface area contributed by atoms with Crippen LogP contribution in [-0.2, 0) is 11.2 Å². The zero-order valence-electron chi connectivity index (χ0n) is 13.6. The average Bonchev–Trinajstić information content (AvgIpc) is 2.94. The Balaban J connectivity index is 1.99. The van der Waals surface area contributed by atoms with Gasteiger partial charge in [-0.05, 0) is 55.2 Å². The predicted molar refractivity (Wildman–Crippen MR) is 92.0 cm³/mol. The first-order valence-corrected chi connectivity index (χ1v) is 7.76. The van der Waals surface area contributed by atoms with Crippen molar-refractivity contribution in [2.75, 3.05) is 16.8 Å². The van der Waals surface area contributed by atoms with Crippen molar-refractivity contribution in [3.8, 4) is 0 Å².